The zero-order valence-corrected chi connectivity index (χ0v) is 19.3. The Labute approximate surface area is 197 Å². The maximum Gasteiger partial charge on any atom is 0.328 e. The molecule has 2 aromatic rings. The molecule has 182 valence electrons. The summed E-state index contributed by atoms with van der Waals surface area (Å²) in [6.45, 7) is 3.49. The van der Waals surface area contributed by atoms with Crippen LogP contribution in [-0.4, -0.2) is 85.3 Å². The Kier molecular flexibility index (Phi) is 9.34. The van der Waals surface area contributed by atoms with Gasteiger partial charge in [-0.2, -0.15) is 0 Å². The molecule has 3 N–H and O–H groups in total. The molecule has 1 heterocycles. The smallest absolute Gasteiger partial charge is 0.328 e. The van der Waals surface area contributed by atoms with E-state index in [1.165, 1.54) is 12.1 Å². The first-order chi connectivity index (χ1) is 16.0. The molecule has 0 spiro atoms. The fraction of sp³-hybridized carbons (Fsp3) is 0.261. The number of nitrogens with zero attached hydrogens (tertiary/aromatic N) is 2. The van der Waals surface area contributed by atoms with Gasteiger partial charge in [-0.25, -0.2) is 18.0 Å². The van der Waals surface area contributed by atoms with E-state index in [4.69, 9.17) is 10.2 Å². The minimum atomic E-state index is -3.25. The maximum absolute atomic E-state index is 12.4. The second-order valence-corrected chi connectivity index (χ2v) is 9.52. The summed E-state index contributed by atoms with van der Waals surface area (Å²) >= 11 is 0. The third-order valence-corrected chi connectivity index (χ3v) is 6.06. The molecule has 0 aliphatic carbocycles. The number of carboxylic acid groups (broad SMARTS) is 2. The summed E-state index contributed by atoms with van der Waals surface area (Å²) in [7, 11) is -3.25. The van der Waals surface area contributed by atoms with Crippen LogP contribution in [0.15, 0.2) is 65.6 Å². The highest BCUT2D eigenvalue weighted by atomic mass is 32.2. The molecule has 11 heteroatoms. The van der Waals surface area contributed by atoms with Gasteiger partial charge in [0.25, 0.3) is 0 Å². The molecular formula is C23H26N2O8S. The third kappa shape index (κ3) is 8.68. The van der Waals surface area contributed by atoms with Crippen LogP contribution in [0.5, 0.6) is 5.75 Å². The molecule has 34 heavy (non-hydrogen) atoms. The number of carbonyl (C=O) groups is 3. The molecular weight excluding hydrogens is 464 g/mol. The first-order valence-electron chi connectivity index (χ1n) is 10.2. The highest BCUT2D eigenvalue weighted by Crippen LogP contribution is 2.20. The fourth-order valence-corrected chi connectivity index (χ4v) is 3.78. The minimum absolute atomic E-state index is 0.0110. The number of ketones is 1. The molecule has 0 aromatic heterocycles. The Morgan fingerprint density at radius 3 is 1.79 bits per heavy atom. The molecule has 3 rings (SSSR count). The van der Waals surface area contributed by atoms with E-state index in [1.807, 2.05) is 12.1 Å². The summed E-state index contributed by atoms with van der Waals surface area (Å²) < 4.78 is 23.0. The van der Waals surface area contributed by atoms with Crippen molar-refractivity contribution in [3.8, 4) is 5.75 Å². The molecule has 1 aliphatic heterocycles. The number of hydrogen-bond acceptors (Lipinski definition) is 8. The second-order valence-electron chi connectivity index (χ2n) is 7.51. The molecule has 1 fully saturated rings. The number of carboxylic acids is 2. The predicted octanol–water partition coefficient (Wildman–Crippen LogP) is 1.51. The highest BCUT2D eigenvalue weighted by molar-refractivity contribution is 7.90. The number of rotatable bonds is 7. The highest BCUT2D eigenvalue weighted by Gasteiger charge is 2.20. The van der Waals surface area contributed by atoms with E-state index in [2.05, 4.69) is 9.80 Å². The van der Waals surface area contributed by atoms with Gasteiger partial charge in [-0.05, 0) is 36.4 Å². The van der Waals surface area contributed by atoms with Crippen molar-refractivity contribution in [2.24, 2.45) is 0 Å². The summed E-state index contributed by atoms with van der Waals surface area (Å²) in [5.41, 5.74) is 1.59. The summed E-state index contributed by atoms with van der Waals surface area (Å²) in [5, 5.41) is 25.0. The lowest BCUT2D eigenvalue weighted by Gasteiger charge is -2.35. The van der Waals surface area contributed by atoms with E-state index in [9.17, 15) is 27.9 Å². The third-order valence-electron chi connectivity index (χ3n) is 4.93. The lowest BCUT2D eigenvalue weighted by molar-refractivity contribution is -0.134. The van der Waals surface area contributed by atoms with Crippen LogP contribution in [0.25, 0.3) is 0 Å². The van der Waals surface area contributed by atoms with Gasteiger partial charge in [0.15, 0.2) is 15.6 Å². The standard InChI is InChI=1S/C19H22N2O4S.C4H4O4/c1-26(24,25)18-8-2-15(3-9-18)19(23)14-20-10-12-21(13-11-20)16-4-6-17(22)7-5-16;5-3(6)1-2-4(7)8/h2-9,22H,10-14H2,1H3;1-2H,(H,5,6)(H,7,8). The Morgan fingerprint density at radius 2 is 1.35 bits per heavy atom. The van der Waals surface area contributed by atoms with Gasteiger partial charge >= 0.3 is 11.9 Å². The Balaban J connectivity index is 0.000000440. The van der Waals surface area contributed by atoms with Crippen LogP contribution in [0.2, 0.25) is 0 Å². The van der Waals surface area contributed by atoms with Crippen LogP contribution >= 0.6 is 0 Å². The Morgan fingerprint density at radius 1 is 0.853 bits per heavy atom. The van der Waals surface area contributed by atoms with E-state index >= 15 is 0 Å². The molecule has 0 unspecified atom stereocenters. The number of carbonyl (C=O) groups excluding carboxylic acids is 1. The van der Waals surface area contributed by atoms with Gasteiger partial charge in [0, 0.05) is 55.8 Å². The lowest BCUT2D eigenvalue weighted by atomic mass is 10.1. The number of Topliss-reactive ketones (excluding diaryl/α,β-unsaturated/α-hetero) is 1. The first-order valence-corrected chi connectivity index (χ1v) is 12.1. The number of benzene rings is 2. The molecule has 0 bridgehead atoms. The number of hydrogen-bond donors (Lipinski definition) is 3. The topological polar surface area (TPSA) is 153 Å². The van der Waals surface area contributed by atoms with E-state index < -0.39 is 21.8 Å². The molecule has 10 nitrogen and oxygen atoms in total. The monoisotopic (exact) mass is 490 g/mol. The largest absolute Gasteiger partial charge is 0.508 e. The molecule has 2 aromatic carbocycles. The van der Waals surface area contributed by atoms with Crippen LogP contribution in [0, 0.1) is 0 Å². The van der Waals surface area contributed by atoms with Gasteiger partial charge < -0.3 is 20.2 Å². The molecule has 0 radical (unpaired) electrons. The number of anilines is 1. The van der Waals surface area contributed by atoms with Crippen molar-refractivity contribution in [1.29, 1.82) is 0 Å². The van der Waals surface area contributed by atoms with Gasteiger partial charge in [0.1, 0.15) is 5.75 Å². The van der Waals surface area contributed by atoms with Gasteiger partial charge in [0.05, 0.1) is 11.4 Å². The van der Waals surface area contributed by atoms with Crippen molar-refractivity contribution < 1.29 is 38.1 Å². The van der Waals surface area contributed by atoms with Gasteiger partial charge in [0.2, 0.25) is 0 Å². The molecule has 1 aliphatic rings. The van der Waals surface area contributed by atoms with Gasteiger partial charge in [-0.15, -0.1) is 0 Å². The number of aromatic hydroxyl groups is 1. The number of sulfone groups is 1. The summed E-state index contributed by atoms with van der Waals surface area (Å²) in [5.74, 6) is -2.28. The van der Waals surface area contributed by atoms with E-state index in [-0.39, 0.29) is 16.4 Å². The Hall–Kier alpha value is -3.70. The van der Waals surface area contributed by atoms with E-state index in [0.29, 0.717) is 24.3 Å². The number of aliphatic carboxylic acids is 2. The van der Waals surface area contributed by atoms with Crippen LogP contribution in [0.4, 0.5) is 5.69 Å². The zero-order chi connectivity index (χ0) is 25.3. The summed E-state index contributed by atoms with van der Waals surface area (Å²) in [6.07, 6.45) is 2.27. The van der Waals surface area contributed by atoms with Crippen LogP contribution in [-0.2, 0) is 19.4 Å². The van der Waals surface area contributed by atoms with Crippen molar-refractivity contribution in [1.82, 2.24) is 4.90 Å². The van der Waals surface area contributed by atoms with Gasteiger partial charge in [-0.3, -0.25) is 9.69 Å². The summed E-state index contributed by atoms with van der Waals surface area (Å²) in [4.78, 5) is 36.1. The average Bonchev–Trinajstić information content (AvgIpc) is 2.79. The van der Waals surface area contributed by atoms with Crippen LogP contribution in [0.1, 0.15) is 10.4 Å². The maximum atomic E-state index is 12.4. The summed E-state index contributed by atoms with van der Waals surface area (Å²) in [6, 6.07) is 13.2. The fourth-order valence-electron chi connectivity index (χ4n) is 3.15. The second kappa shape index (κ2) is 12.0. The van der Waals surface area contributed by atoms with Crippen molar-refractivity contribution in [2.45, 2.75) is 4.90 Å². The Bertz CT molecular complexity index is 1120. The van der Waals surface area contributed by atoms with Crippen molar-refractivity contribution in [3.63, 3.8) is 0 Å². The van der Waals surface area contributed by atoms with Gasteiger partial charge in [-0.1, -0.05) is 12.1 Å². The number of piperazine rings is 1. The molecule has 0 atom stereocenters. The van der Waals surface area contributed by atoms with Crippen LogP contribution in [0.3, 0.4) is 0 Å². The number of phenols is 1. The minimum Gasteiger partial charge on any atom is -0.508 e. The molecule has 1 saturated heterocycles. The first kappa shape index (κ1) is 26.6. The van der Waals surface area contributed by atoms with Crippen LogP contribution < -0.4 is 4.90 Å². The van der Waals surface area contributed by atoms with E-state index in [1.54, 1.807) is 24.3 Å². The lowest BCUT2D eigenvalue weighted by Crippen LogP contribution is -2.48. The van der Waals surface area contributed by atoms with E-state index in [0.717, 1.165) is 38.1 Å². The zero-order valence-electron chi connectivity index (χ0n) is 18.5. The predicted molar refractivity (Wildman–Crippen MR) is 125 cm³/mol. The average molecular weight is 491 g/mol. The number of phenolic OH excluding ortho intramolecular Hbond substituents is 1. The van der Waals surface area contributed by atoms with Crippen molar-refractivity contribution in [2.75, 3.05) is 43.9 Å². The quantitative estimate of drug-likeness (QED) is 0.384. The molecule has 0 saturated carbocycles. The van der Waals surface area contributed by atoms with Crippen molar-refractivity contribution in [3.05, 3.63) is 66.2 Å². The SMILES string of the molecule is CS(=O)(=O)c1ccc(C(=O)CN2CCN(c3ccc(O)cc3)CC2)cc1.O=C(O)C=CC(=O)O. The van der Waals surface area contributed by atoms with Crippen molar-refractivity contribution >= 4 is 33.2 Å². The normalized spacial score (nSPS) is 14.3. The molecule has 0 amide bonds.